The molecule has 1 N–H and O–H groups in total. The normalized spacial score (nSPS) is 12.1. The Kier molecular flexibility index (Phi) is 9.56. The Bertz CT molecular complexity index is 1160. The number of para-hydroxylation sites is 1. The standard InChI is InChI=1S/C29H30N2O3S/c32-18-17-25(21-24-7-3-1-4-8-24)12-11-23-13-15-26(16-14-23)29-31-30-28(34-29)22-35-20-19-33-27-9-5-2-6-10-27/h1-16,25,32H,17-22H2. The highest BCUT2D eigenvalue weighted by molar-refractivity contribution is 7.98. The molecule has 1 atom stereocenters. The monoisotopic (exact) mass is 486 g/mol. The van der Waals surface area contributed by atoms with Crippen LogP contribution in [0, 0.1) is 5.92 Å². The van der Waals surface area contributed by atoms with E-state index in [1.54, 1.807) is 11.8 Å². The van der Waals surface area contributed by atoms with E-state index in [0.717, 1.165) is 35.5 Å². The highest BCUT2D eigenvalue weighted by Gasteiger charge is 2.09. The lowest BCUT2D eigenvalue weighted by atomic mass is 9.95. The van der Waals surface area contributed by atoms with Crippen molar-refractivity contribution >= 4 is 17.8 Å². The van der Waals surface area contributed by atoms with Gasteiger partial charge in [0.25, 0.3) is 0 Å². The van der Waals surface area contributed by atoms with Crippen LogP contribution in [0.1, 0.15) is 23.4 Å². The number of aliphatic hydroxyl groups is 1. The molecule has 35 heavy (non-hydrogen) atoms. The first-order valence-corrected chi connectivity index (χ1v) is 13.0. The van der Waals surface area contributed by atoms with E-state index in [4.69, 9.17) is 9.15 Å². The van der Waals surface area contributed by atoms with Crippen molar-refractivity contribution < 1.29 is 14.3 Å². The molecule has 6 heteroatoms. The maximum absolute atomic E-state index is 9.44. The summed E-state index contributed by atoms with van der Waals surface area (Å²) >= 11 is 1.70. The molecular formula is C29H30N2O3S. The molecule has 0 bridgehead atoms. The summed E-state index contributed by atoms with van der Waals surface area (Å²) in [5.41, 5.74) is 3.27. The average molecular weight is 487 g/mol. The minimum Gasteiger partial charge on any atom is -0.493 e. The summed E-state index contributed by atoms with van der Waals surface area (Å²) in [4.78, 5) is 0. The highest BCUT2D eigenvalue weighted by Crippen LogP contribution is 2.22. The van der Waals surface area contributed by atoms with Crippen LogP contribution >= 0.6 is 11.8 Å². The molecule has 0 radical (unpaired) electrons. The van der Waals surface area contributed by atoms with Gasteiger partial charge in [0, 0.05) is 17.9 Å². The van der Waals surface area contributed by atoms with Gasteiger partial charge in [-0.1, -0.05) is 72.8 Å². The quantitative estimate of drug-likeness (QED) is 0.224. The van der Waals surface area contributed by atoms with E-state index in [0.29, 0.717) is 24.1 Å². The van der Waals surface area contributed by atoms with Gasteiger partial charge in [0.15, 0.2) is 0 Å². The molecule has 1 aromatic heterocycles. The van der Waals surface area contributed by atoms with Crippen molar-refractivity contribution in [2.75, 3.05) is 19.0 Å². The minimum absolute atomic E-state index is 0.179. The third kappa shape index (κ3) is 8.12. The zero-order valence-electron chi connectivity index (χ0n) is 19.6. The first-order valence-electron chi connectivity index (χ1n) is 11.8. The first-order chi connectivity index (χ1) is 17.3. The van der Waals surface area contributed by atoms with Gasteiger partial charge in [-0.3, -0.25) is 0 Å². The van der Waals surface area contributed by atoms with Gasteiger partial charge in [0.05, 0.1) is 12.4 Å². The van der Waals surface area contributed by atoms with Crippen LogP contribution in [0.2, 0.25) is 0 Å². The predicted octanol–water partition coefficient (Wildman–Crippen LogP) is 6.30. The average Bonchev–Trinajstić information content (AvgIpc) is 3.38. The molecule has 0 saturated carbocycles. The molecule has 0 fully saturated rings. The molecule has 0 amide bonds. The Balaban J connectivity index is 1.26. The van der Waals surface area contributed by atoms with Crippen LogP contribution in [-0.4, -0.2) is 34.3 Å². The first kappa shape index (κ1) is 24.8. The third-order valence-electron chi connectivity index (χ3n) is 5.49. The molecule has 5 nitrogen and oxygen atoms in total. The van der Waals surface area contributed by atoms with E-state index < -0.39 is 0 Å². The summed E-state index contributed by atoms with van der Waals surface area (Å²) in [5, 5.41) is 17.8. The zero-order valence-corrected chi connectivity index (χ0v) is 20.4. The van der Waals surface area contributed by atoms with Crippen molar-refractivity contribution in [3.63, 3.8) is 0 Å². The number of thioether (sulfide) groups is 1. The number of aliphatic hydroxyl groups excluding tert-OH is 1. The van der Waals surface area contributed by atoms with Crippen molar-refractivity contribution in [1.29, 1.82) is 0 Å². The number of allylic oxidation sites excluding steroid dienone is 1. The van der Waals surface area contributed by atoms with Crippen LogP contribution in [0.15, 0.2) is 95.4 Å². The molecule has 1 heterocycles. The van der Waals surface area contributed by atoms with Gasteiger partial charge < -0.3 is 14.3 Å². The fourth-order valence-electron chi connectivity index (χ4n) is 3.66. The minimum atomic E-state index is 0.179. The van der Waals surface area contributed by atoms with Crippen LogP contribution in [0.25, 0.3) is 17.5 Å². The number of rotatable bonds is 13. The van der Waals surface area contributed by atoms with Crippen molar-refractivity contribution in [3.8, 4) is 17.2 Å². The van der Waals surface area contributed by atoms with E-state index in [-0.39, 0.29) is 12.5 Å². The van der Waals surface area contributed by atoms with Gasteiger partial charge in [-0.2, -0.15) is 0 Å². The second kappa shape index (κ2) is 13.5. The van der Waals surface area contributed by atoms with E-state index in [2.05, 4.69) is 46.6 Å². The van der Waals surface area contributed by atoms with Gasteiger partial charge in [-0.15, -0.1) is 22.0 Å². The maximum Gasteiger partial charge on any atom is 0.247 e. The number of ether oxygens (including phenoxy) is 1. The molecule has 0 spiro atoms. The predicted molar refractivity (Wildman–Crippen MR) is 142 cm³/mol. The van der Waals surface area contributed by atoms with Crippen molar-refractivity contribution in [1.82, 2.24) is 10.2 Å². The number of aromatic nitrogens is 2. The van der Waals surface area contributed by atoms with Gasteiger partial charge in [0.2, 0.25) is 11.8 Å². The second-order valence-electron chi connectivity index (χ2n) is 8.16. The molecule has 0 aliphatic heterocycles. The van der Waals surface area contributed by atoms with Crippen molar-refractivity contribution in [2.24, 2.45) is 5.92 Å². The summed E-state index contributed by atoms with van der Waals surface area (Å²) in [6.07, 6.45) is 5.95. The molecule has 0 aliphatic carbocycles. The lowest BCUT2D eigenvalue weighted by molar-refractivity contribution is 0.270. The summed E-state index contributed by atoms with van der Waals surface area (Å²) in [6.45, 7) is 0.813. The van der Waals surface area contributed by atoms with E-state index >= 15 is 0 Å². The van der Waals surface area contributed by atoms with Gasteiger partial charge in [-0.05, 0) is 54.2 Å². The number of nitrogens with zero attached hydrogens (tertiary/aromatic N) is 2. The third-order valence-corrected chi connectivity index (χ3v) is 6.40. The molecule has 4 aromatic rings. The molecule has 0 saturated heterocycles. The Morgan fingerprint density at radius 1 is 0.914 bits per heavy atom. The number of hydrogen-bond donors (Lipinski definition) is 1. The molecular weight excluding hydrogens is 456 g/mol. The number of benzene rings is 3. The van der Waals surface area contributed by atoms with Crippen LogP contribution in [-0.2, 0) is 12.2 Å². The smallest absolute Gasteiger partial charge is 0.247 e. The summed E-state index contributed by atoms with van der Waals surface area (Å²) in [6, 6.07) is 28.3. The Morgan fingerprint density at radius 3 is 2.40 bits per heavy atom. The van der Waals surface area contributed by atoms with Gasteiger partial charge in [0.1, 0.15) is 5.75 Å². The lowest BCUT2D eigenvalue weighted by Crippen LogP contribution is -2.03. The highest BCUT2D eigenvalue weighted by atomic mass is 32.2. The van der Waals surface area contributed by atoms with Crippen LogP contribution < -0.4 is 4.74 Å². The topological polar surface area (TPSA) is 68.4 Å². The molecule has 3 aromatic carbocycles. The largest absolute Gasteiger partial charge is 0.493 e. The van der Waals surface area contributed by atoms with Crippen molar-refractivity contribution in [3.05, 3.63) is 108 Å². The van der Waals surface area contributed by atoms with Crippen LogP contribution in [0.4, 0.5) is 0 Å². The van der Waals surface area contributed by atoms with E-state index in [9.17, 15) is 5.11 Å². The van der Waals surface area contributed by atoms with Gasteiger partial charge in [-0.25, -0.2) is 0 Å². The van der Waals surface area contributed by atoms with Gasteiger partial charge >= 0.3 is 0 Å². The second-order valence-corrected chi connectivity index (χ2v) is 9.26. The van der Waals surface area contributed by atoms with Crippen LogP contribution in [0.5, 0.6) is 5.75 Å². The summed E-state index contributed by atoms with van der Waals surface area (Å²) < 4.78 is 11.5. The maximum atomic E-state index is 9.44. The Morgan fingerprint density at radius 2 is 1.66 bits per heavy atom. The number of hydrogen-bond acceptors (Lipinski definition) is 6. The Labute approximate surface area is 210 Å². The Hall–Kier alpha value is -3.35. The fraction of sp³-hybridized carbons (Fsp3) is 0.241. The zero-order chi connectivity index (χ0) is 24.1. The molecule has 1 unspecified atom stereocenters. The van der Waals surface area contributed by atoms with E-state index in [1.165, 1.54) is 5.56 Å². The fourth-order valence-corrected chi connectivity index (χ4v) is 4.29. The molecule has 180 valence electrons. The molecule has 4 rings (SSSR count). The van der Waals surface area contributed by atoms with Crippen LogP contribution in [0.3, 0.4) is 0 Å². The summed E-state index contributed by atoms with van der Waals surface area (Å²) in [5.74, 6) is 3.80. The molecule has 0 aliphatic rings. The lowest BCUT2D eigenvalue weighted by Gasteiger charge is -2.11. The summed E-state index contributed by atoms with van der Waals surface area (Å²) in [7, 11) is 0. The van der Waals surface area contributed by atoms with E-state index in [1.807, 2.05) is 60.7 Å². The SMILES string of the molecule is OCCC(C=Cc1ccc(-c2nnc(CSCCOc3ccccc3)o2)cc1)Cc1ccccc1. The van der Waals surface area contributed by atoms with Crippen molar-refractivity contribution in [2.45, 2.75) is 18.6 Å².